The zero-order valence-electron chi connectivity index (χ0n) is 8.34. The summed E-state index contributed by atoms with van der Waals surface area (Å²) >= 11 is 0. The van der Waals surface area contributed by atoms with E-state index in [1.54, 1.807) is 0 Å². The van der Waals surface area contributed by atoms with E-state index < -0.39 is 7.82 Å². The highest BCUT2D eigenvalue weighted by Crippen LogP contribution is 2.25. The lowest BCUT2D eigenvalue weighted by atomic mass is 10.5. The molecule has 0 aliphatic carbocycles. The first kappa shape index (κ1) is 15.3. The van der Waals surface area contributed by atoms with Gasteiger partial charge in [0.2, 0.25) is 0 Å². The Morgan fingerprint density at radius 3 is 1.54 bits per heavy atom. The molecule has 0 saturated carbocycles. The maximum atomic E-state index is 8.88. The van der Waals surface area contributed by atoms with Gasteiger partial charge in [0.05, 0.1) is 0 Å². The summed E-state index contributed by atoms with van der Waals surface area (Å²) < 4.78 is 11.2. The van der Waals surface area contributed by atoms with Crippen LogP contribution in [0.5, 0.6) is 0 Å². The molecule has 80 valence electrons. The van der Waals surface area contributed by atoms with E-state index in [0.29, 0.717) is 0 Å². The van der Waals surface area contributed by atoms with Gasteiger partial charge in [-0.25, -0.2) is 9.14 Å². The predicted octanol–water partition coefficient (Wildman–Crippen LogP) is 0.591. The molecule has 0 spiro atoms. The van der Waals surface area contributed by atoms with Gasteiger partial charge in [-0.2, -0.15) is 0 Å². The Bertz CT molecular complexity index is 173. The first-order valence-electron chi connectivity index (χ1n) is 4.20. The van der Waals surface area contributed by atoms with Crippen molar-refractivity contribution >= 4 is 14.0 Å². The number of hydrogen-bond donors (Lipinski definition) is 3. The van der Waals surface area contributed by atoms with Crippen LogP contribution in [0.2, 0.25) is 0 Å². The summed E-state index contributed by atoms with van der Waals surface area (Å²) in [6.45, 7) is 8.80. The van der Waals surface area contributed by atoms with Gasteiger partial charge in [0.25, 0.3) is 0 Å². The second kappa shape index (κ2) is 8.38. The van der Waals surface area contributed by atoms with Crippen molar-refractivity contribution in [1.29, 1.82) is 0 Å². The third kappa shape index (κ3) is 24.5. The number of phosphoric acid groups is 1. The normalized spacial score (nSPS) is 10.0. The van der Waals surface area contributed by atoms with Crippen LogP contribution in [0.25, 0.3) is 0 Å². The second-order valence-corrected chi connectivity index (χ2v) is 3.35. The topological polar surface area (TPSA) is 80.8 Å². The van der Waals surface area contributed by atoms with Gasteiger partial charge in [0.15, 0.2) is 0 Å². The minimum atomic E-state index is -4.64. The van der Waals surface area contributed by atoms with Crippen LogP contribution < -0.4 is 0 Å². The van der Waals surface area contributed by atoms with Crippen molar-refractivity contribution in [2.24, 2.45) is 0 Å². The number of rotatable bonds is 3. The van der Waals surface area contributed by atoms with Crippen molar-refractivity contribution < 1.29 is 23.8 Å². The maximum Gasteiger partial charge on any atom is 0.466 e. The SMILES string of the molecule is CCC=[N+](CC)CC.O=P(O)(O)O. The summed E-state index contributed by atoms with van der Waals surface area (Å²) in [5.74, 6) is 0. The molecule has 13 heavy (non-hydrogen) atoms. The van der Waals surface area contributed by atoms with Crippen molar-refractivity contribution in [3.05, 3.63) is 0 Å². The quantitative estimate of drug-likeness (QED) is 0.363. The molecular weight excluding hydrogens is 193 g/mol. The van der Waals surface area contributed by atoms with Gasteiger partial charge in [-0.15, -0.1) is 0 Å². The average Bonchev–Trinajstić information content (AvgIpc) is 1.97. The molecule has 0 rings (SSSR count). The van der Waals surface area contributed by atoms with Gasteiger partial charge >= 0.3 is 7.82 Å². The highest BCUT2D eigenvalue weighted by Gasteiger charge is 2.00. The Balaban J connectivity index is 0. The molecule has 5 nitrogen and oxygen atoms in total. The molecule has 0 aliphatic heterocycles. The van der Waals surface area contributed by atoms with Gasteiger partial charge in [-0.05, 0) is 13.8 Å². The van der Waals surface area contributed by atoms with Crippen LogP contribution in [0.3, 0.4) is 0 Å². The monoisotopic (exact) mass is 212 g/mol. The van der Waals surface area contributed by atoms with E-state index >= 15 is 0 Å². The molecule has 0 aliphatic rings. The zero-order valence-corrected chi connectivity index (χ0v) is 9.24. The maximum absolute atomic E-state index is 8.88. The van der Waals surface area contributed by atoms with Crippen molar-refractivity contribution in [1.82, 2.24) is 0 Å². The molecule has 0 heterocycles. The minimum absolute atomic E-state index is 1.14. The molecule has 0 radical (unpaired) electrons. The highest BCUT2D eigenvalue weighted by atomic mass is 31.2. The second-order valence-electron chi connectivity index (χ2n) is 2.33. The third-order valence-electron chi connectivity index (χ3n) is 1.25. The molecule has 0 aromatic rings. The lowest BCUT2D eigenvalue weighted by Gasteiger charge is -1.92. The lowest BCUT2D eigenvalue weighted by Crippen LogP contribution is -2.10. The molecule has 0 bridgehead atoms. The third-order valence-corrected chi connectivity index (χ3v) is 1.25. The van der Waals surface area contributed by atoms with Crippen LogP contribution in [-0.4, -0.2) is 38.6 Å². The summed E-state index contributed by atoms with van der Waals surface area (Å²) in [4.78, 5) is 21.6. The van der Waals surface area contributed by atoms with Gasteiger partial charge in [0, 0.05) is 6.42 Å². The van der Waals surface area contributed by atoms with E-state index in [1.807, 2.05) is 0 Å². The summed E-state index contributed by atoms with van der Waals surface area (Å²) in [5, 5.41) is 0. The Labute approximate surface area is 79.0 Å². The Morgan fingerprint density at radius 2 is 1.46 bits per heavy atom. The van der Waals surface area contributed by atoms with E-state index in [-0.39, 0.29) is 0 Å². The Morgan fingerprint density at radius 1 is 1.15 bits per heavy atom. The van der Waals surface area contributed by atoms with E-state index in [0.717, 1.165) is 19.5 Å². The fraction of sp³-hybridized carbons (Fsp3) is 0.857. The molecule has 0 saturated heterocycles. The molecule has 0 amide bonds. The summed E-state index contributed by atoms with van der Waals surface area (Å²) in [6.07, 6.45) is 3.39. The van der Waals surface area contributed by atoms with Crippen molar-refractivity contribution in [2.75, 3.05) is 13.1 Å². The van der Waals surface area contributed by atoms with Crippen LogP contribution >= 0.6 is 7.82 Å². The smallest absolute Gasteiger partial charge is 0.303 e. The van der Waals surface area contributed by atoms with Crippen LogP contribution in [0.4, 0.5) is 0 Å². The Hall–Kier alpha value is -0.220. The number of hydrogen-bond acceptors (Lipinski definition) is 1. The van der Waals surface area contributed by atoms with Crippen molar-refractivity contribution in [3.63, 3.8) is 0 Å². The molecule has 0 aromatic carbocycles. The van der Waals surface area contributed by atoms with Crippen LogP contribution in [0.15, 0.2) is 0 Å². The fourth-order valence-corrected chi connectivity index (χ4v) is 0.740. The molecule has 0 fully saturated rings. The molecule has 6 heteroatoms. The summed E-state index contributed by atoms with van der Waals surface area (Å²) in [6, 6.07) is 0. The minimum Gasteiger partial charge on any atom is -0.303 e. The lowest BCUT2D eigenvalue weighted by molar-refractivity contribution is -0.517. The summed E-state index contributed by atoms with van der Waals surface area (Å²) in [5.41, 5.74) is 0. The first-order chi connectivity index (χ1) is 5.85. The van der Waals surface area contributed by atoms with Crippen LogP contribution in [0.1, 0.15) is 27.2 Å². The van der Waals surface area contributed by atoms with E-state index in [1.165, 1.54) is 0 Å². The zero-order chi connectivity index (χ0) is 10.9. The molecule has 0 atom stereocenters. The van der Waals surface area contributed by atoms with Gasteiger partial charge in [-0.3, -0.25) is 0 Å². The average molecular weight is 212 g/mol. The van der Waals surface area contributed by atoms with E-state index in [9.17, 15) is 0 Å². The van der Waals surface area contributed by atoms with Crippen molar-refractivity contribution in [3.8, 4) is 0 Å². The standard InChI is InChI=1S/C7H16N.H3O4P/c1-4-7-8(5-2)6-3;1-5(2,3)4/h7H,4-6H2,1-3H3;(H3,1,2,3,4)/q+1;. The van der Waals surface area contributed by atoms with Crippen LogP contribution in [-0.2, 0) is 4.57 Å². The highest BCUT2D eigenvalue weighted by molar-refractivity contribution is 7.45. The fourth-order valence-electron chi connectivity index (χ4n) is 0.740. The molecular formula is C7H19NO4P+. The van der Waals surface area contributed by atoms with Gasteiger partial charge in [-0.1, -0.05) is 6.92 Å². The van der Waals surface area contributed by atoms with E-state index in [2.05, 4.69) is 31.6 Å². The first-order valence-corrected chi connectivity index (χ1v) is 5.77. The van der Waals surface area contributed by atoms with Crippen LogP contribution in [0, 0.1) is 0 Å². The molecule has 0 aromatic heterocycles. The number of nitrogens with zero attached hydrogens (tertiary/aromatic N) is 1. The summed E-state index contributed by atoms with van der Waals surface area (Å²) in [7, 11) is -4.64. The van der Waals surface area contributed by atoms with Crippen molar-refractivity contribution in [2.45, 2.75) is 27.2 Å². The van der Waals surface area contributed by atoms with E-state index in [4.69, 9.17) is 19.2 Å². The largest absolute Gasteiger partial charge is 0.466 e. The van der Waals surface area contributed by atoms with Gasteiger partial charge in [0.1, 0.15) is 19.3 Å². The van der Waals surface area contributed by atoms with Gasteiger partial charge < -0.3 is 14.7 Å². The molecule has 0 unspecified atom stereocenters. The predicted molar refractivity (Wildman–Crippen MR) is 52.0 cm³/mol. The molecule has 3 N–H and O–H groups in total. The Kier molecular flexibility index (Phi) is 9.84.